The number of ketones is 1. The van der Waals surface area contributed by atoms with Gasteiger partial charge < -0.3 is 25.2 Å². The Morgan fingerprint density at radius 1 is 1.09 bits per heavy atom. The molecule has 14 heteroatoms. The SMILES string of the molecule is C=C[C@@H]1C[C@]1(NC(=O)[C@@H]1C[C@@H]2CN1C(=O)[C@H](C(C)(C)C)NC(=O)N1CCC[C@H]1CC/C=C/c1cccc3c1CN(C3)C(=O)O2)C(=O)CS(=O)(=O)C1CC1. The number of Topliss-reactive ketones (excluding diaryl/α,β-unsaturated/α-hetero) is 1. The summed E-state index contributed by atoms with van der Waals surface area (Å²) >= 11 is 0. The van der Waals surface area contributed by atoms with Gasteiger partial charge in [-0.15, -0.1) is 6.58 Å². The number of amides is 5. The van der Waals surface area contributed by atoms with Crippen LogP contribution in [0, 0.1) is 11.3 Å². The Morgan fingerprint density at radius 2 is 1.87 bits per heavy atom. The van der Waals surface area contributed by atoms with E-state index in [1.165, 1.54) is 11.0 Å². The van der Waals surface area contributed by atoms with Crippen molar-refractivity contribution in [1.82, 2.24) is 25.3 Å². The monoisotopic (exact) mass is 749 g/mol. The van der Waals surface area contributed by atoms with Crippen LogP contribution < -0.4 is 10.6 Å². The molecule has 6 atom stereocenters. The number of sulfone groups is 1. The molecule has 5 amide bonds. The number of hydrogen-bond donors (Lipinski definition) is 2. The van der Waals surface area contributed by atoms with E-state index >= 15 is 0 Å². The van der Waals surface area contributed by atoms with Crippen LogP contribution in [0.4, 0.5) is 9.59 Å². The number of fused-ring (bicyclic) bond motifs is 4. The van der Waals surface area contributed by atoms with Gasteiger partial charge in [0.25, 0.3) is 0 Å². The number of rotatable bonds is 7. The summed E-state index contributed by atoms with van der Waals surface area (Å²) in [6, 6.07) is 3.44. The summed E-state index contributed by atoms with van der Waals surface area (Å²) < 4.78 is 31.6. The molecule has 0 radical (unpaired) electrons. The van der Waals surface area contributed by atoms with Gasteiger partial charge in [0.2, 0.25) is 11.8 Å². The summed E-state index contributed by atoms with van der Waals surface area (Å²) in [7, 11) is -3.65. The third-order valence-electron chi connectivity index (χ3n) is 11.9. The number of urea groups is 1. The van der Waals surface area contributed by atoms with Crippen LogP contribution in [0.25, 0.3) is 6.08 Å². The molecule has 0 aromatic heterocycles. The third-order valence-corrected chi connectivity index (χ3v) is 14.0. The van der Waals surface area contributed by atoms with E-state index in [1.807, 2.05) is 39.0 Å². The first kappa shape index (κ1) is 37.1. The van der Waals surface area contributed by atoms with Crippen molar-refractivity contribution < 1.29 is 37.1 Å². The van der Waals surface area contributed by atoms with E-state index in [-0.39, 0.29) is 31.5 Å². The average Bonchev–Trinajstić information content (AvgIpc) is 3.91. The van der Waals surface area contributed by atoms with Gasteiger partial charge in [0.15, 0.2) is 15.6 Å². The van der Waals surface area contributed by atoms with E-state index in [2.05, 4.69) is 29.4 Å². The highest BCUT2D eigenvalue weighted by Gasteiger charge is 2.61. The number of hydrogen-bond acceptors (Lipinski definition) is 8. The Balaban J connectivity index is 1.19. The highest BCUT2D eigenvalue weighted by Crippen LogP contribution is 2.46. The molecule has 1 aromatic carbocycles. The Bertz CT molecular complexity index is 1850. The van der Waals surface area contributed by atoms with Crippen molar-refractivity contribution in [3.8, 4) is 0 Å². The second-order valence-electron chi connectivity index (χ2n) is 16.7. The fourth-order valence-corrected chi connectivity index (χ4v) is 10.2. The van der Waals surface area contributed by atoms with Crippen LogP contribution in [0.15, 0.2) is 36.9 Å². The molecule has 2 saturated heterocycles. The lowest BCUT2D eigenvalue weighted by atomic mass is 9.85. The van der Waals surface area contributed by atoms with Gasteiger partial charge in [0.05, 0.1) is 18.3 Å². The highest BCUT2D eigenvalue weighted by molar-refractivity contribution is 7.93. The van der Waals surface area contributed by atoms with Crippen LogP contribution in [-0.4, -0.2) is 107 Å². The molecular formula is C39H51N5O8S. The maximum Gasteiger partial charge on any atom is 0.410 e. The Kier molecular flexibility index (Phi) is 9.73. The topological polar surface area (TPSA) is 162 Å². The minimum absolute atomic E-state index is 0.00366. The largest absolute Gasteiger partial charge is 0.444 e. The van der Waals surface area contributed by atoms with Crippen molar-refractivity contribution in [3.63, 3.8) is 0 Å². The van der Waals surface area contributed by atoms with Crippen LogP contribution in [0.5, 0.6) is 0 Å². The number of allylic oxidation sites excluding steroid dienone is 1. The number of carbonyl (C=O) groups is 5. The Hall–Kier alpha value is -4.20. The van der Waals surface area contributed by atoms with Gasteiger partial charge >= 0.3 is 12.1 Å². The van der Waals surface area contributed by atoms with E-state index in [9.17, 15) is 32.4 Å². The summed E-state index contributed by atoms with van der Waals surface area (Å²) in [5.41, 5.74) is 0.853. The van der Waals surface area contributed by atoms with E-state index < -0.39 is 79.6 Å². The highest BCUT2D eigenvalue weighted by atomic mass is 32.2. The summed E-state index contributed by atoms with van der Waals surface area (Å²) in [5, 5.41) is 5.31. The molecule has 6 aliphatic rings. The molecule has 1 aromatic rings. The van der Waals surface area contributed by atoms with E-state index in [0.29, 0.717) is 32.5 Å². The number of nitrogens with zero attached hydrogens (tertiary/aromatic N) is 3. The molecule has 4 aliphatic heterocycles. The molecule has 4 bridgehead atoms. The summed E-state index contributed by atoms with van der Waals surface area (Å²) in [4.78, 5) is 74.9. The van der Waals surface area contributed by atoms with E-state index in [4.69, 9.17) is 4.74 Å². The first-order valence-corrected chi connectivity index (χ1v) is 20.6. The molecule has 2 saturated carbocycles. The van der Waals surface area contributed by atoms with Gasteiger partial charge in [0.1, 0.15) is 29.5 Å². The second kappa shape index (κ2) is 13.9. The van der Waals surface area contributed by atoms with Gasteiger partial charge in [-0.05, 0) is 67.1 Å². The number of carbonyl (C=O) groups excluding carboxylic acids is 5. The molecule has 53 heavy (non-hydrogen) atoms. The normalized spacial score (nSPS) is 31.1. The molecule has 13 nitrogen and oxygen atoms in total. The fraction of sp³-hybridized carbons (Fsp3) is 0.615. The maximum absolute atomic E-state index is 14.6. The van der Waals surface area contributed by atoms with Crippen molar-refractivity contribution in [1.29, 1.82) is 0 Å². The van der Waals surface area contributed by atoms with Gasteiger partial charge in [-0.25, -0.2) is 18.0 Å². The van der Waals surface area contributed by atoms with E-state index in [1.54, 1.807) is 9.80 Å². The molecule has 7 rings (SSSR count). The zero-order valence-corrected chi connectivity index (χ0v) is 31.7. The minimum Gasteiger partial charge on any atom is -0.444 e. The lowest BCUT2D eigenvalue weighted by molar-refractivity contribution is -0.142. The molecule has 2 N–H and O–H groups in total. The molecule has 4 heterocycles. The molecule has 2 aliphatic carbocycles. The van der Waals surface area contributed by atoms with Gasteiger partial charge in [-0.1, -0.05) is 57.2 Å². The van der Waals surface area contributed by atoms with Crippen molar-refractivity contribution in [2.24, 2.45) is 11.3 Å². The first-order chi connectivity index (χ1) is 25.1. The second-order valence-corrected chi connectivity index (χ2v) is 19.0. The third kappa shape index (κ3) is 7.35. The predicted molar refractivity (Wildman–Crippen MR) is 197 cm³/mol. The molecule has 0 spiro atoms. The number of nitrogens with one attached hydrogen (secondary N) is 2. The first-order valence-electron chi connectivity index (χ1n) is 18.9. The van der Waals surface area contributed by atoms with Crippen LogP contribution in [-0.2, 0) is 42.0 Å². The Labute approximate surface area is 311 Å². The zero-order chi connectivity index (χ0) is 37.9. The lowest BCUT2D eigenvalue weighted by Crippen LogP contribution is -2.61. The standard InChI is InChI=1S/C39H51N5O8S/c1-5-26-19-39(26,32(45)23-53(50,51)29-15-16-29)41-34(46)31-18-28-21-44(31)35(47)33(38(2,3)4)40-36(48)43-17-9-14-27(43)13-7-6-10-24-11-8-12-25-20-42(22-30(24)25)37(49)52-28/h5-6,8,10-12,26-29,31,33H,1,7,9,13-23H2,2-4H3,(H,40,48)(H,41,46)/b10-6+/t26-,27-,28-,31+,33-,39-/m1/s1. The lowest BCUT2D eigenvalue weighted by Gasteiger charge is -2.37. The van der Waals surface area contributed by atoms with E-state index in [0.717, 1.165) is 42.4 Å². The minimum atomic E-state index is -3.65. The maximum atomic E-state index is 14.6. The van der Waals surface area contributed by atoms with Crippen molar-refractivity contribution in [3.05, 3.63) is 53.6 Å². The number of ether oxygens (including phenoxy) is 1. The van der Waals surface area contributed by atoms with Crippen LogP contribution in [0.2, 0.25) is 0 Å². The van der Waals surface area contributed by atoms with Gasteiger partial charge in [-0.2, -0.15) is 0 Å². The van der Waals surface area contributed by atoms with Crippen LogP contribution in [0.1, 0.15) is 88.8 Å². The summed E-state index contributed by atoms with van der Waals surface area (Å²) in [6.45, 7) is 10.5. The number of benzene rings is 1. The zero-order valence-electron chi connectivity index (χ0n) is 30.8. The quantitative estimate of drug-likeness (QED) is 0.399. The van der Waals surface area contributed by atoms with Gasteiger partial charge in [-0.3, -0.25) is 19.3 Å². The average molecular weight is 750 g/mol. The Morgan fingerprint density at radius 3 is 2.57 bits per heavy atom. The predicted octanol–water partition coefficient (Wildman–Crippen LogP) is 3.71. The van der Waals surface area contributed by atoms with Crippen molar-refractivity contribution >= 4 is 45.6 Å². The van der Waals surface area contributed by atoms with Crippen LogP contribution in [0.3, 0.4) is 0 Å². The molecule has 0 unspecified atom stereocenters. The smallest absolute Gasteiger partial charge is 0.410 e. The molecule has 4 fully saturated rings. The molecular weight excluding hydrogens is 699 g/mol. The molecule has 286 valence electrons. The van der Waals surface area contributed by atoms with Crippen LogP contribution >= 0.6 is 0 Å². The van der Waals surface area contributed by atoms with Gasteiger partial charge in [0, 0.05) is 31.5 Å². The van der Waals surface area contributed by atoms with Crippen molar-refractivity contribution in [2.75, 3.05) is 18.8 Å². The fourth-order valence-electron chi connectivity index (χ4n) is 8.51. The summed E-state index contributed by atoms with van der Waals surface area (Å²) in [5.74, 6) is -2.90. The summed E-state index contributed by atoms with van der Waals surface area (Å²) in [6.07, 6.45) is 8.71. The van der Waals surface area contributed by atoms with Crippen molar-refractivity contribution in [2.45, 2.75) is 120 Å².